The van der Waals surface area contributed by atoms with Crippen molar-refractivity contribution in [3.8, 4) is 18.4 Å². The van der Waals surface area contributed by atoms with Gasteiger partial charge in [0, 0.05) is 16.6 Å². The molecule has 1 heterocycles. The van der Waals surface area contributed by atoms with Gasteiger partial charge in [0.05, 0.1) is 11.6 Å². The molecule has 0 bridgehead atoms. The van der Waals surface area contributed by atoms with Crippen molar-refractivity contribution < 1.29 is 9.59 Å². The van der Waals surface area contributed by atoms with Crippen LogP contribution in [0, 0.1) is 23.7 Å². The first-order chi connectivity index (χ1) is 13.6. The van der Waals surface area contributed by atoms with Crippen molar-refractivity contribution in [2.75, 3.05) is 4.90 Å². The Labute approximate surface area is 169 Å². The molecule has 2 aromatic rings. The maximum absolute atomic E-state index is 13.2. The summed E-state index contributed by atoms with van der Waals surface area (Å²) in [6, 6.07) is 11.5. The summed E-state index contributed by atoms with van der Waals surface area (Å²) in [6.45, 7) is 0. The lowest BCUT2D eigenvalue weighted by atomic mass is 9.95. The fraction of sp³-hybridized carbons (Fsp3) is 0.318. The van der Waals surface area contributed by atoms with Gasteiger partial charge < -0.3 is 5.32 Å². The number of nitrogens with one attached hydrogen (secondary N) is 1. The van der Waals surface area contributed by atoms with E-state index in [1.165, 1.54) is 22.7 Å². The quantitative estimate of drug-likeness (QED) is 0.789. The molecule has 0 saturated heterocycles. The second-order valence-electron chi connectivity index (χ2n) is 6.74. The van der Waals surface area contributed by atoms with Crippen LogP contribution in [0.4, 0.5) is 5.69 Å². The van der Waals surface area contributed by atoms with Crippen molar-refractivity contribution in [3.63, 3.8) is 0 Å². The number of thiophene rings is 1. The summed E-state index contributed by atoms with van der Waals surface area (Å²) in [6.07, 6.45) is 10.7. The van der Waals surface area contributed by atoms with Crippen molar-refractivity contribution in [1.82, 2.24) is 5.32 Å². The molecular weight excluding hydrogens is 370 g/mol. The molecule has 1 fully saturated rings. The topological polar surface area (TPSA) is 73.2 Å². The third-order valence-corrected chi connectivity index (χ3v) is 5.81. The molecule has 142 valence electrons. The van der Waals surface area contributed by atoms with Crippen LogP contribution in [0.2, 0.25) is 0 Å². The maximum atomic E-state index is 13.2. The van der Waals surface area contributed by atoms with Gasteiger partial charge >= 0.3 is 5.91 Å². The first-order valence-electron chi connectivity index (χ1n) is 9.28. The van der Waals surface area contributed by atoms with Crippen molar-refractivity contribution in [2.45, 2.75) is 44.2 Å². The number of hydrogen-bond donors (Lipinski definition) is 1. The van der Waals surface area contributed by atoms with Crippen LogP contribution in [0.25, 0.3) is 0 Å². The van der Waals surface area contributed by atoms with Crippen LogP contribution >= 0.6 is 11.3 Å². The van der Waals surface area contributed by atoms with Crippen molar-refractivity contribution in [1.29, 1.82) is 5.26 Å². The van der Waals surface area contributed by atoms with Gasteiger partial charge in [-0.15, -0.1) is 17.8 Å². The van der Waals surface area contributed by atoms with E-state index in [9.17, 15) is 9.59 Å². The number of terminal acetylenes is 1. The Morgan fingerprint density at radius 2 is 1.89 bits per heavy atom. The van der Waals surface area contributed by atoms with Crippen LogP contribution in [0.1, 0.15) is 48.6 Å². The number of hydrogen-bond acceptors (Lipinski definition) is 4. The average molecular weight is 391 g/mol. The van der Waals surface area contributed by atoms with E-state index >= 15 is 0 Å². The lowest BCUT2D eigenvalue weighted by Crippen LogP contribution is -2.46. The molecule has 3 rings (SSSR count). The van der Waals surface area contributed by atoms with Gasteiger partial charge in [-0.25, -0.2) is 0 Å². The maximum Gasteiger partial charge on any atom is 0.303 e. The van der Waals surface area contributed by atoms with Gasteiger partial charge in [-0.1, -0.05) is 25.3 Å². The third-order valence-electron chi connectivity index (χ3n) is 4.89. The molecule has 0 aliphatic heterocycles. The van der Waals surface area contributed by atoms with Crippen LogP contribution in [0.3, 0.4) is 0 Å². The summed E-state index contributed by atoms with van der Waals surface area (Å²) < 4.78 is 0. The van der Waals surface area contributed by atoms with Gasteiger partial charge in [0.15, 0.2) is 6.04 Å². The number of nitrogens with zero attached hydrogens (tertiary/aromatic N) is 2. The normalized spacial score (nSPS) is 15.1. The number of benzene rings is 1. The molecule has 1 N–H and O–H groups in total. The van der Waals surface area contributed by atoms with Gasteiger partial charge in [0.1, 0.15) is 0 Å². The highest BCUT2D eigenvalue weighted by Crippen LogP contribution is 2.31. The lowest BCUT2D eigenvalue weighted by molar-refractivity contribution is -0.125. The molecule has 1 aliphatic carbocycles. The zero-order chi connectivity index (χ0) is 19.9. The Kier molecular flexibility index (Phi) is 6.47. The molecule has 1 aromatic heterocycles. The molecule has 0 spiro atoms. The van der Waals surface area contributed by atoms with Crippen LogP contribution < -0.4 is 10.2 Å². The largest absolute Gasteiger partial charge is 0.351 e. The Bertz CT molecular complexity index is 901. The van der Waals surface area contributed by atoms with Gasteiger partial charge in [-0.2, -0.15) is 5.26 Å². The van der Waals surface area contributed by atoms with Crippen molar-refractivity contribution in [3.05, 3.63) is 52.2 Å². The molecule has 1 unspecified atom stereocenters. The number of carbonyl (C=O) groups excluding carboxylic acids is 2. The predicted octanol–water partition coefficient (Wildman–Crippen LogP) is 3.78. The molecule has 2 amide bonds. The smallest absolute Gasteiger partial charge is 0.303 e. The molecule has 28 heavy (non-hydrogen) atoms. The summed E-state index contributed by atoms with van der Waals surface area (Å²) in [4.78, 5) is 28.0. The predicted molar refractivity (Wildman–Crippen MR) is 110 cm³/mol. The summed E-state index contributed by atoms with van der Waals surface area (Å²) in [5, 5.41) is 14.0. The van der Waals surface area contributed by atoms with Crippen LogP contribution in [0.5, 0.6) is 0 Å². The van der Waals surface area contributed by atoms with Gasteiger partial charge in [0.25, 0.3) is 0 Å². The van der Waals surface area contributed by atoms with E-state index in [0.717, 1.165) is 30.6 Å². The van der Waals surface area contributed by atoms with Gasteiger partial charge in [-0.05, 0) is 54.5 Å². The molecule has 1 aliphatic rings. The zero-order valence-corrected chi connectivity index (χ0v) is 16.2. The summed E-state index contributed by atoms with van der Waals surface area (Å²) in [5.41, 5.74) is 0.954. The summed E-state index contributed by atoms with van der Waals surface area (Å²) >= 11 is 1.40. The van der Waals surface area contributed by atoms with Crippen LogP contribution in [-0.2, 0) is 9.59 Å². The lowest BCUT2D eigenvalue weighted by Gasteiger charge is -2.31. The highest BCUT2D eigenvalue weighted by molar-refractivity contribution is 7.10. The van der Waals surface area contributed by atoms with Gasteiger partial charge in [0.2, 0.25) is 5.91 Å². The minimum atomic E-state index is -0.849. The average Bonchev–Trinajstić information content (AvgIpc) is 3.26. The van der Waals surface area contributed by atoms with Crippen LogP contribution in [-0.4, -0.2) is 17.9 Å². The number of amides is 2. The Morgan fingerprint density at radius 3 is 2.46 bits per heavy atom. The van der Waals surface area contributed by atoms with E-state index < -0.39 is 11.9 Å². The van der Waals surface area contributed by atoms with Crippen molar-refractivity contribution in [2.24, 2.45) is 0 Å². The molecule has 1 atom stereocenters. The standard InChI is InChI=1S/C22H21N3O2S/c1-2-20(26)25(18-12-10-16(15-23)11-13-18)21(19-9-6-14-28-19)22(27)24-17-7-4-3-5-8-17/h1,6,9-14,17,21H,3-5,7-8H2,(H,24,27). The monoisotopic (exact) mass is 391 g/mol. The van der Waals surface area contributed by atoms with E-state index in [0.29, 0.717) is 11.3 Å². The zero-order valence-electron chi connectivity index (χ0n) is 15.4. The number of nitriles is 1. The van der Waals surface area contributed by atoms with Crippen LogP contribution in [0.15, 0.2) is 41.8 Å². The Morgan fingerprint density at radius 1 is 1.18 bits per heavy atom. The highest BCUT2D eigenvalue weighted by Gasteiger charge is 2.34. The molecular formula is C22H21N3O2S. The minimum absolute atomic E-state index is 0.118. The van der Waals surface area contributed by atoms with E-state index in [4.69, 9.17) is 11.7 Å². The Balaban J connectivity index is 1.97. The first-order valence-corrected chi connectivity index (χ1v) is 10.2. The molecule has 1 aromatic carbocycles. The van der Waals surface area contributed by atoms with E-state index in [-0.39, 0.29) is 11.9 Å². The number of carbonyl (C=O) groups is 2. The molecule has 0 radical (unpaired) electrons. The second kappa shape index (κ2) is 9.21. The minimum Gasteiger partial charge on any atom is -0.351 e. The fourth-order valence-corrected chi connectivity index (χ4v) is 4.31. The first kappa shape index (κ1) is 19.7. The summed E-state index contributed by atoms with van der Waals surface area (Å²) in [7, 11) is 0. The molecule has 5 nitrogen and oxygen atoms in total. The molecule has 6 heteroatoms. The van der Waals surface area contributed by atoms with Gasteiger partial charge in [-0.3, -0.25) is 14.5 Å². The number of anilines is 1. The van der Waals surface area contributed by atoms with E-state index in [2.05, 4.69) is 11.2 Å². The second-order valence-corrected chi connectivity index (χ2v) is 7.72. The summed E-state index contributed by atoms with van der Waals surface area (Å²) in [5.74, 6) is 1.31. The number of rotatable bonds is 5. The third kappa shape index (κ3) is 4.42. The van der Waals surface area contributed by atoms with Crippen molar-refractivity contribution >= 4 is 28.8 Å². The van der Waals surface area contributed by atoms with E-state index in [1.807, 2.05) is 23.6 Å². The molecule has 1 saturated carbocycles. The van der Waals surface area contributed by atoms with E-state index in [1.54, 1.807) is 24.3 Å². The fourth-order valence-electron chi connectivity index (χ4n) is 3.50. The SMILES string of the molecule is C#CC(=O)N(c1ccc(C#N)cc1)C(C(=O)NC1CCCCC1)c1cccs1. The Hall–Kier alpha value is -3.09. The highest BCUT2D eigenvalue weighted by atomic mass is 32.1.